The molecule has 0 saturated carbocycles. The maximum Gasteiger partial charge on any atom is 0.321 e. The lowest BCUT2D eigenvalue weighted by Gasteiger charge is -2.22. The van der Waals surface area contributed by atoms with E-state index in [-0.39, 0.29) is 17.7 Å². The van der Waals surface area contributed by atoms with Crippen molar-refractivity contribution in [1.29, 1.82) is 5.41 Å². The van der Waals surface area contributed by atoms with Gasteiger partial charge in [-0.1, -0.05) is 0 Å². The molecule has 0 bridgehead atoms. The van der Waals surface area contributed by atoms with Gasteiger partial charge in [0.05, 0.1) is 12.4 Å². The largest absolute Gasteiger partial charge is 0.388 e. The molecule has 0 atom stereocenters. The zero-order valence-electron chi connectivity index (χ0n) is 11.4. The molecule has 1 aromatic carbocycles. The molecule has 2 amide bonds. The highest BCUT2D eigenvalue weighted by molar-refractivity contribution is 5.89. The topological polar surface area (TPSA) is 91.4 Å². The number of hydrogen-bond acceptors (Lipinski definition) is 3. The molecule has 4 N–H and O–H groups in total. The van der Waals surface area contributed by atoms with Crippen LogP contribution in [-0.2, 0) is 4.74 Å². The Kier molecular flexibility index (Phi) is 6.45. The van der Waals surface area contributed by atoms with Crippen LogP contribution in [0.2, 0.25) is 0 Å². The first kappa shape index (κ1) is 15.9. The highest BCUT2D eigenvalue weighted by atomic mass is 19.1. The number of nitrogens with zero attached hydrogens (tertiary/aromatic N) is 1. The van der Waals surface area contributed by atoms with Gasteiger partial charge in [0.15, 0.2) is 0 Å². The molecule has 110 valence electrons. The molecular formula is C13H19FN4O2. The Labute approximate surface area is 117 Å². The van der Waals surface area contributed by atoms with Crippen molar-refractivity contribution in [3.63, 3.8) is 0 Å². The first-order valence-electron chi connectivity index (χ1n) is 6.16. The summed E-state index contributed by atoms with van der Waals surface area (Å²) in [5, 5.41) is 9.85. The Morgan fingerprint density at radius 1 is 1.40 bits per heavy atom. The number of halogens is 1. The number of methoxy groups -OCH3 is 1. The van der Waals surface area contributed by atoms with Gasteiger partial charge in [-0.3, -0.25) is 5.41 Å². The minimum absolute atomic E-state index is 0.0157. The minimum Gasteiger partial charge on any atom is -0.388 e. The van der Waals surface area contributed by atoms with Gasteiger partial charge in [0.25, 0.3) is 0 Å². The molecule has 6 nitrogen and oxygen atoms in total. The zero-order valence-corrected chi connectivity index (χ0v) is 11.4. The molecule has 0 aliphatic carbocycles. The van der Waals surface area contributed by atoms with Crippen molar-refractivity contribution in [2.24, 2.45) is 5.73 Å². The van der Waals surface area contributed by atoms with Crippen LogP contribution in [0.3, 0.4) is 0 Å². The highest BCUT2D eigenvalue weighted by Gasteiger charge is 2.13. The number of amidine groups is 1. The lowest BCUT2D eigenvalue weighted by Crippen LogP contribution is -2.39. The normalized spacial score (nSPS) is 10.1. The molecule has 0 spiro atoms. The molecule has 0 saturated heterocycles. The molecule has 0 heterocycles. The molecule has 0 aliphatic heterocycles. The van der Waals surface area contributed by atoms with Gasteiger partial charge in [0.1, 0.15) is 5.82 Å². The van der Waals surface area contributed by atoms with Gasteiger partial charge in [0, 0.05) is 32.3 Å². The van der Waals surface area contributed by atoms with Crippen molar-refractivity contribution in [3.05, 3.63) is 30.1 Å². The Balaban J connectivity index is 2.61. The van der Waals surface area contributed by atoms with Crippen LogP contribution >= 0.6 is 0 Å². The predicted octanol–water partition coefficient (Wildman–Crippen LogP) is 1.63. The number of urea groups is 1. The van der Waals surface area contributed by atoms with Crippen LogP contribution in [0, 0.1) is 11.2 Å². The second-order valence-corrected chi connectivity index (χ2v) is 4.19. The molecule has 1 aromatic rings. The van der Waals surface area contributed by atoms with Gasteiger partial charge in [-0.2, -0.15) is 0 Å². The van der Waals surface area contributed by atoms with Crippen molar-refractivity contribution < 1.29 is 13.9 Å². The van der Waals surface area contributed by atoms with Crippen LogP contribution in [-0.4, -0.2) is 43.6 Å². The zero-order chi connectivity index (χ0) is 15.0. The van der Waals surface area contributed by atoms with Crippen LogP contribution in [0.15, 0.2) is 24.3 Å². The van der Waals surface area contributed by atoms with Gasteiger partial charge in [-0.05, 0) is 24.3 Å². The van der Waals surface area contributed by atoms with Gasteiger partial charge < -0.3 is 20.7 Å². The molecule has 0 aromatic heterocycles. The minimum atomic E-state index is -0.365. The molecule has 0 radical (unpaired) electrons. The Morgan fingerprint density at radius 2 is 2.05 bits per heavy atom. The number of anilines is 1. The second kappa shape index (κ2) is 8.11. The Hall–Kier alpha value is -2.15. The van der Waals surface area contributed by atoms with E-state index in [1.54, 1.807) is 7.11 Å². The van der Waals surface area contributed by atoms with Crippen LogP contribution in [0.1, 0.15) is 6.42 Å². The maximum atomic E-state index is 12.8. The first-order chi connectivity index (χ1) is 9.52. The number of carbonyl (C=O) groups is 1. The van der Waals surface area contributed by atoms with E-state index in [0.29, 0.717) is 31.8 Å². The summed E-state index contributed by atoms with van der Waals surface area (Å²) in [4.78, 5) is 13.6. The number of amides is 2. The average molecular weight is 282 g/mol. The number of nitrogens with two attached hydrogens (primary N) is 1. The lowest BCUT2D eigenvalue weighted by atomic mass is 10.3. The second-order valence-electron chi connectivity index (χ2n) is 4.19. The van der Waals surface area contributed by atoms with Crippen LogP contribution < -0.4 is 11.1 Å². The lowest BCUT2D eigenvalue weighted by molar-refractivity contribution is 0.156. The summed E-state index contributed by atoms with van der Waals surface area (Å²) in [6.45, 7) is 1.09. The number of nitrogens with one attached hydrogen (secondary N) is 2. The Morgan fingerprint density at radius 3 is 2.60 bits per heavy atom. The quantitative estimate of drug-likeness (QED) is 0.524. The van der Waals surface area contributed by atoms with E-state index in [2.05, 4.69) is 5.32 Å². The summed E-state index contributed by atoms with van der Waals surface area (Å²) >= 11 is 0. The van der Waals surface area contributed by atoms with Gasteiger partial charge in [-0.15, -0.1) is 0 Å². The number of hydrogen-bond donors (Lipinski definition) is 3. The monoisotopic (exact) mass is 282 g/mol. The van der Waals surface area contributed by atoms with E-state index < -0.39 is 0 Å². The van der Waals surface area contributed by atoms with Crippen molar-refractivity contribution >= 4 is 17.6 Å². The van der Waals surface area contributed by atoms with Crippen molar-refractivity contribution in [1.82, 2.24) is 4.90 Å². The van der Waals surface area contributed by atoms with E-state index in [4.69, 9.17) is 15.9 Å². The summed E-state index contributed by atoms with van der Waals surface area (Å²) in [5.74, 6) is -0.349. The summed E-state index contributed by atoms with van der Waals surface area (Å²) in [6, 6.07) is 5.16. The van der Waals surface area contributed by atoms with E-state index in [9.17, 15) is 9.18 Å². The number of rotatable bonds is 7. The number of ether oxygens (including phenoxy) is 1. The predicted molar refractivity (Wildman–Crippen MR) is 75.4 cm³/mol. The molecule has 0 unspecified atom stereocenters. The van der Waals surface area contributed by atoms with Crippen molar-refractivity contribution in [2.45, 2.75) is 6.42 Å². The molecule has 20 heavy (non-hydrogen) atoms. The fourth-order valence-corrected chi connectivity index (χ4v) is 1.51. The number of carbonyl (C=O) groups excluding carboxylic acids is 1. The SMILES string of the molecule is COCCN(CCC(=N)N)C(=O)Nc1ccc(F)cc1. The van der Waals surface area contributed by atoms with Gasteiger partial charge >= 0.3 is 6.03 Å². The van der Waals surface area contributed by atoms with Crippen molar-refractivity contribution in [3.8, 4) is 0 Å². The molecule has 1 rings (SSSR count). The fraction of sp³-hybridized carbons (Fsp3) is 0.385. The summed E-state index contributed by atoms with van der Waals surface area (Å²) in [7, 11) is 1.54. The third kappa shape index (κ3) is 5.66. The number of benzene rings is 1. The smallest absolute Gasteiger partial charge is 0.321 e. The van der Waals surface area contributed by atoms with Crippen LogP contribution in [0.5, 0.6) is 0 Å². The van der Waals surface area contributed by atoms with E-state index in [1.807, 2.05) is 0 Å². The average Bonchev–Trinajstić information content (AvgIpc) is 2.41. The first-order valence-corrected chi connectivity index (χ1v) is 6.16. The van der Waals surface area contributed by atoms with Crippen LogP contribution in [0.4, 0.5) is 14.9 Å². The van der Waals surface area contributed by atoms with E-state index >= 15 is 0 Å². The third-order valence-electron chi connectivity index (χ3n) is 2.60. The van der Waals surface area contributed by atoms with Crippen LogP contribution in [0.25, 0.3) is 0 Å². The summed E-state index contributed by atoms with van der Waals surface area (Å²) < 4.78 is 17.7. The standard InChI is InChI=1S/C13H19FN4O2/c1-20-9-8-18(7-6-12(15)16)13(19)17-11-4-2-10(14)3-5-11/h2-5H,6-9H2,1H3,(H3,15,16)(H,17,19). The summed E-state index contributed by atoms with van der Waals surface area (Å²) in [6.07, 6.45) is 0.292. The maximum absolute atomic E-state index is 12.8. The molecule has 0 fully saturated rings. The molecular weight excluding hydrogens is 263 g/mol. The fourth-order valence-electron chi connectivity index (χ4n) is 1.51. The molecule has 7 heteroatoms. The summed E-state index contributed by atoms with van der Waals surface area (Å²) in [5.41, 5.74) is 5.79. The molecule has 0 aliphatic rings. The van der Waals surface area contributed by atoms with Gasteiger partial charge in [0.2, 0.25) is 0 Å². The third-order valence-corrected chi connectivity index (χ3v) is 2.60. The highest BCUT2D eigenvalue weighted by Crippen LogP contribution is 2.09. The Bertz CT molecular complexity index is 450. The van der Waals surface area contributed by atoms with E-state index in [0.717, 1.165) is 0 Å². The van der Waals surface area contributed by atoms with Gasteiger partial charge in [-0.25, -0.2) is 9.18 Å². The van der Waals surface area contributed by atoms with Crippen molar-refractivity contribution in [2.75, 3.05) is 32.1 Å². The van der Waals surface area contributed by atoms with E-state index in [1.165, 1.54) is 29.2 Å².